The van der Waals surface area contributed by atoms with E-state index in [-0.39, 0.29) is 16.6 Å². The Hall–Kier alpha value is -1.36. The Bertz CT molecular complexity index is 530. The van der Waals surface area contributed by atoms with Gasteiger partial charge in [0.05, 0.1) is 11.4 Å². The molecule has 0 bridgehead atoms. The van der Waals surface area contributed by atoms with E-state index in [9.17, 15) is 9.18 Å². The van der Waals surface area contributed by atoms with Gasteiger partial charge in [-0.3, -0.25) is 4.79 Å². The largest absolute Gasteiger partial charge is 0.494 e. The number of halogens is 2. The van der Waals surface area contributed by atoms with Crippen LogP contribution in [0.25, 0.3) is 5.70 Å². The fraction of sp³-hybridized carbons (Fsp3) is 0.357. The molecule has 0 radical (unpaired) electrons. The van der Waals surface area contributed by atoms with E-state index in [0.29, 0.717) is 30.0 Å². The Balaban J connectivity index is 2.34. The van der Waals surface area contributed by atoms with Gasteiger partial charge in [-0.1, -0.05) is 22.0 Å². The van der Waals surface area contributed by atoms with Gasteiger partial charge in [-0.25, -0.2) is 4.39 Å². The van der Waals surface area contributed by atoms with Crippen LogP contribution in [0.15, 0.2) is 24.3 Å². The van der Waals surface area contributed by atoms with Gasteiger partial charge in [-0.2, -0.15) is 0 Å². The number of benzene rings is 1. The molecule has 1 aliphatic rings. The van der Waals surface area contributed by atoms with Crippen LogP contribution in [0.1, 0.15) is 18.9 Å². The second kappa shape index (κ2) is 5.74. The van der Waals surface area contributed by atoms with Crippen molar-refractivity contribution in [1.29, 1.82) is 0 Å². The van der Waals surface area contributed by atoms with Crippen LogP contribution in [0.2, 0.25) is 0 Å². The Morgan fingerprint density at radius 2 is 2.26 bits per heavy atom. The van der Waals surface area contributed by atoms with E-state index < -0.39 is 0 Å². The maximum absolute atomic E-state index is 14.1. The lowest BCUT2D eigenvalue weighted by Crippen LogP contribution is -2.35. The minimum absolute atomic E-state index is 0.0641. The molecule has 1 atom stereocenters. The summed E-state index contributed by atoms with van der Waals surface area (Å²) in [4.78, 5) is 13.1. The van der Waals surface area contributed by atoms with Gasteiger partial charge in [0.1, 0.15) is 11.6 Å². The van der Waals surface area contributed by atoms with Gasteiger partial charge in [-0.15, -0.1) is 0 Å². The first-order valence-electron chi connectivity index (χ1n) is 6.09. The second-order valence-corrected chi connectivity index (χ2v) is 5.37. The van der Waals surface area contributed by atoms with Crippen LogP contribution in [0.3, 0.4) is 0 Å². The Morgan fingerprint density at radius 1 is 1.53 bits per heavy atom. The van der Waals surface area contributed by atoms with E-state index in [1.54, 1.807) is 19.2 Å². The lowest BCUT2D eigenvalue weighted by molar-refractivity contribution is -0.126. The van der Waals surface area contributed by atoms with Gasteiger partial charge in [-0.05, 0) is 25.5 Å². The molecule has 0 saturated heterocycles. The highest BCUT2D eigenvalue weighted by molar-refractivity contribution is 9.10. The van der Waals surface area contributed by atoms with E-state index in [2.05, 4.69) is 15.9 Å². The number of alkyl halides is 1. The molecule has 19 heavy (non-hydrogen) atoms. The monoisotopic (exact) mass is 327 g/mol. The number of amides is 1. The van der Waals surface area contributed by atoms with Crippen molar-refractivity contribution in [3.8, 4) is 5.75 Å². The van der Waals surface area contributed by atoms with Gasteiger partial charge in [0.2, 0.25) is 5.91 Å². The third-order valence-electron chi connectivity index (χ3n) is 3.01. The van der Waals surface area contributed by atoms with Crippen molar-refractivity contribution < 1.29 is 13.9 Å². The van der Waals surface area contributed by atoms with E-state index in [0.717, 1.165) is 0 Å². The van der Waals surface area contributed by atoms with Crippen molar-refractivity contribution >= 4 is 27.5 Å². The van der Waals surface area contributed by atoms with Crippen LogP contribution in [0.5, 0.6) is 5.75 Å². The van der Waals surface area contributed by atoms with Gasteiger partial charge in [0, 0.05) is 24.4 Å². The molecule has 3 nitrogen and oxygen atoms in total. The van der Waals surface area contributed by atoms with Crippen molar-refractivity contribution in [3.05, 3.63) is 35.7 Å². The lowest BCUT2D eigenvalue weighted by atomic mass is 10.0. The molecule has 0 saturated carbocycles. The minimum Gasteiger partial charge on any atom is -0.494 e. The molecule has 0 fully saturated rings. The van der Waals surface area contributed by atoms with Gasteiger partial charge >= 0.3 is 0 Å². The summed E-state index contributed by atoms with van der Waals surface area (Å²) in [5.41, 5.74) is 1.01. The molecule has 1 heterocycles. The summed E-state index contributed by atoms with van der Waals surface area (Å²) < 4.78 is 19.3. The van der Waals surface area contributed by atoms with Crippen LogP contribution in [0.4, 0.5) is 4.39 Å². The van der Waals surface area contributed by atoms with Crippen molar-refractivity contribution in [2.24, 2.45) is 0 Å². The van der Waals surface area contributed by atoms with E-state index in [1.807, 2.05) is 13.0 Å². The highest BCUT2D eigenvalue weighted by Crippen LogP contribution is 2.30. The van der Waals surface area contributed by atoms with Gasteiger partial charge in [0.15, 0.2) is 0 Å². The van der Waals surface area contributed by atoms with E-state index in [4.69, 9.17) is 4.74 Å². The van der Waals surface area contributed by atoms with Crippen molar-refractivity contribution in [1.82, 2.24) is 4.90 Å². The zero-order valence-corrected chi connectivity index (χ0v) is 12.4. The molecule has 1 aromatic rings. The molecule has 1 unspecified atom stereocenters. The number of ether oxygens (including phenoxy) is 1. The SMILES string of the molecule is CCOc1ccc(C2=CCC(Br)C(=O)N2C)c(F)c1. The van der Waals surface area contributed by atoms with E-state index >= 15 is 0 Å². The molecule has 5 heteroatoms. The molecule has 1 amide bonds. The zero-order chi connectivity index (χ0) is 14.0. The highest BCUT2D eigenvalue weighted by Gasteiger charge is 2.27. The molecule has 102 valence electrons. The summed E-state index contributed by atoms with van der Waals surface area (Å²) in [6.45, 7) is 2.34. The normalized spacial score (nSPS) is 19.4. The number of hydrogen-bond acceptors (Lipinski definition) is 2. The molecule has 1 aromatic carbocycles. The number of hydrogen-bond donors (Lipinski definition) is 0. The lowest BCUT2D eigenvalue weighted by Gasteiger charge is -2.28. The van der Waals surface area contributed by atoms with Crippen molar-refractivity contribution in [3.63, 3.8) is 0 Å². The number of rotatable bonds is 3. The number of carbonyl (C=O) groups excluding carboxylic acids is 1. The fourth-order valence-corrected chi connectivity index (χ4v) is 2.53. The van der Waals surface area contributed by atoms with Crippen LogP contribution in [0, 0.1) is 5.82 Å². The maximum Gasteiger partial charge on any atom is 0.240 e. The Morgan fingerprint density at radius 3 is 2.89 bits per heavy atom. The first-order chi connectivity index (χ1) is 9.04. The first kappa shape index (κ1) is 14.1. The van der Waals surface area contributed by atoms with E-state index in [1.165, 1.54) is 11.0 Å². The average molecular weight is 328 g/mol. The molecule has 0 spiro atoms. The third-order valence-corrected chi connectivity index (χ3v) is 3.77. The van der Waals surface area contributed by atoms with Gasteiger partial charge < -0.3 is 9.64 Å². The summed E-state index contributed by atoms with van der Waals surface area (Å²) in [5, 5.41) is 0. The van der Waals surface area contributed by atoms with Crippen molar-refractivity contribution in [2.75, 3.05) is 13.7 Å². The molecule has 2 rings (SSSR count). The summed E-state index contributed by atoms with van der Waals surface area (Å²) >= 11 is 3.30. The van der Waals surface area contributed by atoms with Crippen LogP contribution in [-0.4, -0.2) is 29.3 Å². The minimum atomic E-state index is -0.384. The standard InChI is InChI=1S/C14H15BrFNO2/c1-3-19-9-4-5-10(12(16)8-9)13-7-6-11(15)14(18)17(13)2/h4-5,7-8,11H,3,6H2,1-2H3. The topological polar surface area (TPSA) is 29.5 Å². The van der Waals surface area contributed by atoms with Gasteiger partial charge in [0.25, 0.3) is 0 Å². The molecule has 0 N–H and O–H groups in total. The van der Waals surface area contributed by atoms with Crippen LogP contribution < -0.4 is 4.74 Å². The predicted octanol–water partition coefficient (Wildman–Crippen LogP) is 3.19. The fourth-order valence-electron chi connectivity index (χ4n) is 2.03. The predicted molar refractivity (Wildman–Crippen MR) is 75.6 cm³/mol. The summed E-state index contributed by atoms with van der Waals surface area (Å²) in [7, 11) is 1.65. The average Bonchev–Trinajstić information content (AvgIpc) is 2.38. The van der Waals surface area contributed by atoms with Crippen molar-refractivity contribution in [2.45, 2.75) is 18.2 Å². The summed E-state index contributed by atoms with van der Waals surface area (Å²) in [5.74, 6) is 0.0446. The third kappa shape index (κ3) is 2.81. The number of nitrogens with zero attached hydrogens (tertiary/aromatic N) is 1. The first-order valence-corrected chi connectivity index (χ1v) is 7.00. The molecule has 0 aliphatic carbocycles. The van der Waals surface area contributed by atoms with Crippen LogP contribution in [-0.2, 0) is 4.79 Å². The smallest absolute Gasteiger partial charge is 0.240 e. The summed E-state index contributed by atoms with van der Waals surface area (Å²) in [6.07, 6.45) is 2.42. The zero-order valence-electron chi connectivity index (χ0n) is 10.8. The van der Waals surface area contributed by atoms with Crippen LogP contribution >= 0.6 is 15.9 Å². The number of allylic oxidation sites excluding steroid dienone is 1. The molecular formula is C14H15BrFNO2. The molecule has 0 aromatic heterocycles. The summed E-state index contributed by atoms with van der Waals surface area (Å²) in [6, 6.07) is 4.70. The maximum atomic E-state index is 14.1. The molecular weight excluding hydrogens is 313 g/mol. The molecule has 1 aliphatic heterocycles. The highest BCUT2D eigenvalue weighted by atomic mass is 79.9. The number of carbonyl (C=O) groups is 1. The second-order valence-electron chi connectivity index (χ2n) is 4.26. The quantitative estimate of drug-likeness (QED) is 0.798. The Kier molecular flexibility index (Phi) is 4.24. The Labute approximate surface area is 120 Å².